The van der Waals surface area contributed by atoms with E-state index in [0.717, 1.165) is 64.9 Å². The Hall–Kier alpha value is -0.650. The fourth-order valence-corrected chi connectivity index (χ4v) is 5.79. The lowest BCUT2D eigenvalue weighted by atomic mass is 9.92. The summed E-state index contributed by atoms with van der Waals surface area (Å²) in [5.41, 5.74) is 0. The van der Waals surface area contributed by atoms with Crippen molar-refractivity contribution in [1.82, 2.24) is 29.8 Å². The number of piperidine rings is 1. The summed E-state index contributed by atoms with van der Waals surface area (Å²) >= 11 is 0. The van der Waals surface area contributed by atoms with E-state index in [0.29, 0.717) is 30.3 Å². The fraction of sp³-hybridized carbons (Fsp3) is 0.913. The van der Waals surface area contributed by atoms with Crippen LogP contribution < -0.4 is 5.32 Å². The standard InChI is InChI=1S/C23H43N7O.HI/c1-4-24-23(25-14-21-17-26-5-9-28(21)10-6-26)29-11-7-27(8-12-29)18-22(31)30-15-19(2)13-20(3)16-30;/h19-21H,4-18H2,1-3H3,(H,24,25);1H. The highest BCUT2D eigenvalue weighted by Crippen LogP contribution is 2.21. The van der Waals surface area contributed by atoms with Gasteiger partial charge < -0.3 is 15.1 Å². The molecule has 9 heteroatoms. The lowest BCUT2D eigenvalue weighted by Gasteiger charge is -2.47. The molecule has 0 aromatic rings. The SMILES string of the molecule is CCNC(=NCC1CN2CCN1CC2)N1CCN(CC(=O)N2CC(C)CC(C)C2)CC1.I. The molecule has 5 saturated heterocycles. The highest BCUT2D eigenvalue weighted by molar-refractivity contribution is 14.0. The second-order valence-electron chi connectivity index (χ2n) is 10.2. The molecule has 3 atom stereocenters. The van der Waals surface area contributed by atoms with Crippen LogP contribution in [0.3, 0.4) is 0 Å². The Bertz CT molecular complexity index is 622. The Labute approximate surface area is 211 Å². The normalized spacial score (nSPS) is 33.7. The number of carbonyl (C=O) groups excluding carboxylic acids is 1. The van der Waals surface area contributed by atoms with Crippen molar-refractivity contribution in [3.63, 3.8) is 0 Å². The highest BCUT2D eigenvalue weighted by Gasteiger charge is 2.32. The van der Waals surface area contributed by atoms with Gasteiger partial charge in [0.05, 0.1) is 13.1 Å². The van der Waals surface area contributed by atoms with Crippen LogP contribution in [-0.4, -0.2) is 134 Å². The number of aliphatic imine (C=N–C) groups is 1. The Kier molecular flexibility index (Phi) is 9.87. The zero-order valence-corrected chi connectivity index (χ0v) is 22.7. The molecule has 1 N–H and O–H groups in total. The zero-order chi connectivity index (χ0) is 21.8. The van der Waals surface area contributed by atoms with Gasteiger partial charge in [0.25, 0.3) is 0 Å². The molecule has 0 aromatic heterocycles. The molecule has 0 spiro atoms. The number of piperazine rings is 4. The first-order valence-corrected chi connectivity index (χ1v) is 12.5. The van der Waals surface area contributed by atoms with E-state index in [2.05, 4.69) is 50.6 Å². The van der Waals surface area contributed by atoms with Crippen LogP contribution in [0.5, 0.6) is 0 Å². The summed E-state index contributed by atoms with van der Waals surface area (Å²) < 4.78 is 0. The largest absolute Gasteiger partial charge is 0.357 e. The average Bonchev–Trinajstić information content (AvgIpc) is 2.77. The molecule has 0 radical (unpaired) electrons. The van der Waals surface area contributed by atoms with E-state index in [1.54, 1.807) is 0 Å². The molecule has 0 saturated carbocycles. The lowest BCUT2D eigenvalue weighted by molar-refractivity contribution is -0.135. The van der Waals surface area contributed by atoms with E-state index in [9.17, 15) is 4.79 Å². The molecule has 5 aliphatic heterocycles. The number of likely N-dealkylation sites (tertiary alicyclic amines) is 1. The maximum absolute atomic E-state index is 12.8. The van der Waals surface area contributed by atoms with E-state index >= 15 is 0 Å². The summed E-state index contributed by atoms with van der Waals surface area (Å²) in [7, 11) is 0. The number of nitrogens with one attached hydrogen (secondary N) is 1. The maximum Gasteiger partial charge on any atom is 0.236 e. The number of hydrogen-bond acceptors (Lipinski definition) is 5. The maximum atomic E-state index is 12.8. The zero-order valence-electron chi connectivity index (χ0n) is 20.3. The van der Waals surface area contributed by atoms with Crippen LogP contribution in [0, 0.1) is 11.8 Å². The molecule has 5 aliphatic rings. The van der Waals surface area contributed by atoms with Crippen molar-refractivity contribution in [2.75, 3.05) is 91.6 Å². The smallest absolute Gasteiger partial charge is 0.236 e. The molecule has 32 heavy (non-hydrogen) atoms. The topological polar surface area (TPSA) is 57.7 Å². The number of hydrogen-bond donors (Lipinski definition) is 1. The van der Waals surface area contributed by atoms with Crippen LogP contribution in [0.2, 0.25) is 0 Å². The predicted octanol–water partition coefficient (Wildman–Crippen LogP) is 0.692. The van der Waals surface area contributed by atoms with Gasteiger partial charge in [-0.2, -0.15) is 0 Å². The molecular formula is C23H44IN7O. The highest BCUT2D eigenvalue weighted by atomic mass is 127. The third-order valence-corrected chi connectivity index (χ3v) is 7.43. The second-order valence-corrected chi connectivity index (χ2v) is 10.2. The van der Waals surface area contributed by atoms with E-state index in [1.807, 2.05) is 0 Å². The van der Waals surface area contributed by atoms with Gasteiger partial charge in [-0.3, -0.25) is 24.5 Å². The van der Waals surface area contributed by atoms with Crippen LogP contribution >= 0.6 is 24.0 Å². The van der Waals surface area contributed by atoms with Crippen molar-refractivity contribution in [3.05, 3.63) is 0 Å². The number of nitrogens with zero attached hydrogens (tertiary/aromatic N) is 6. The van der Waals surface area contributed by atoms with E-state index < -0.39 is 0 Å². The van der Waals surface area contributed by atoms with Crippen molar-refractivity contribution >= 4 is 35.8 Å². The van der Waals surface area contributed by atoms with Crippen molar-refractivity contribution in [2.24, 2.45) is 16.8 Å². The molecule has 184 valence electrons. The Morgan fingerprint density at radius 1 is 0.906 bits per heavy atom. The number of carbonyl (C=O) groups is 1. The van der Waals surface area contributed by atoms with Gasteiger partial charge in [-0.25, -0.2) is 0 Å². The van der Waals surface area contributed by atoms with Gasteiger partial charge in [0, 0.05) is 84.6 Å². The molecule has 0 aromatic carbocycles. The summed E-state index contributed by atoms with van der Waals surface area (Å²) in [6.07, 6.45) is 1.24. The molecule has 5 fully saturated rings. The quantitative estimate of drug-likeness (QED) is 0.303. The second kappa shape index (κ2) is 12.2. The van der Waals surface area contributed by atoms with Crippen molar-refractivity contribution in [1.29, 1.82) is 0 Å². The van der Waals surface area contributed by atoms with Gasteiger partial charge in [-0.1, -0.05) is 13.8 Å². The van der Waals surface area contributed by atoms with E-state index in [4.69, 9.17) is 4.99 Å². The van der Waals surface area contributed by atoms with Gasteiger partial charge in [0.2, 0.25) is 5.91 Å². The van der Waals surface area contributed by atoms with Crippen molar-refractivity contribution < 1.29 is 4.79 Å². The number of rotatable bonds is 5. The molecule has 5 heterocycles. The number of halogens is 1. The first-order valence-electron chi connectivity index (χ1n) is 12.5. The molecule has 2 bridgehead atoms. The molecule has 0 aliphatic carbocycles. The van der Waals surface area contributed by atoms with E-state index in [-0.39, 0.29) is 24.0 Å². The van der Waals surface area contributed by atoms with Gasteiger partial charge in [-0.05, 0) is 25.2 Å². The van der Waals surface area contributed by atoms with Gasteiger partial charge >= 0.3 is 0 Å². The molecular weight excluding hydrogens is 517 g/mol. The van der Waals surface area contributed by atoms with Crippen LogP contribution in [0.1, 0.15) is 27.2 Å². The monoisotopic (exact) mass is 561 g/mol. The van der Waals surface area contributed by atoms with Crippen LogP contribution in [0.4, 0.5) is 0 Å². The first-order chi connectivity index (χ1) is 15.0. The van der Waals surface area contributed by atoms with Gasteiger partial charge in [0.1, 0.15) is 0 Å². The Morgan fingerprint density at radius 3 is 2.12 bits per heavy atom. The summed E-state index contributed by atoms with van der Waals surface area (Å²) in [5.74, 6) is 2.60. The van der Waals surface area contributed by atoms with Crippen LogP contribution in [0.15, 0.2) is 4.99 Å². The Morgan fingerprint density at radius 2 is 1.56 bits per heavy atom. The predicted molar refractivity (Wildman–Crippen MR) is 141 cm³/mol. The molecule has 5 rings (SSSR count). The molecule has 8 nitrogen and oxygen atoms in total. The minimum atomic E-state index is 0. The van der Waals surface area contributed by atoms with Gasteiger partial charge in [0.15, 0.2) is 5.96 Å². The number of fused-ring (bicyclic) bond motifs is 3. The summed E-state index contributed by atoms with van der Waals surface area (Å²) in [6.45, 7) is 20.6. The van der Waals surface area contributed by atoms with Gasteiger partial charge in [-0.15, -0.1) is 24.0 Å². The summed E-state index contributed by atoms with van der Waals surface area (Å²) in [5, 5.41) is 3.50. The first kappa shape index (κ1) is 26.0. The molecule has 3 unspecified atom stereocenters. The number of amides is 1. The minimum absolute atomic E-state index is 0. The summed E-state index contributed by atoms with van der Waals surface area (Å²) in [6, 6.07) is 0.560. The summed E-state index contributed by atoms with van der Waals surface area (Å²) in [4.78, 5) is 29.9. The van der Waals surface area contributed by atoms with Crippen LogP contribution in [-0.2, 0) is 4.79 Å². The third kappa shape index (κ3) is 6.70. The average molecular weight is 562 g/mol. The van der Waals surface area contributed by atoms with Crippen LogP contribution in [0.25, 0.3) is 0 Å². The van der Waals surface area contributed by atoms with Crippen molar-refractivity contribution in [3.8, 4) is 0 Å². The fourth-order valence-electron chi connectivity index (χ4n) is 5.79. The Balaban J connectivity index is 0.00000289. The molecule has 1 amide bonds. The van der Waals surface area contributed by atoms with Crippen molar-refractivity contribution in [2.45, 2.75) is 33.2 Å². The number of guanidine groups is 1. The lowest BCUT2D eigenvalue weighted by Crippen LogP contribution is -2.62. The minimum Gasteiger partial charge on any atom is -0.357 e. The van der Waals surface area contributed by atoms with E-state index in [1.165, 1.54) is 32.6 Å². The third-order valence-electron chi connectivity index (χ3n) is 7.43.